The molecule has 2 heterocycles. The Hall–Kier alpha value is -1.61. The van der Waals surface area contributed by atoms with E-state index in [1.54, 1.807) is 0 Å². The van der Waals surface area contributed by atoms with Crippen LogP contribution in [0.25, 0.3) is 5.57 Å². The van der Waals surface area contributed by atoms with Crippen LogP contribution in [0.5, 0.6) is 0 Å². The van der Waals surface area contributed by atoms with Crippen molar-refractivity contribution in [2.24, 2.45) is 17.8 Å². The van der Waals surface area contributed by atoms with Gasteiger partial charge in [-0.3, -0.25) is 4.79 Å². The number of hydrogen-bond acceptors (Lipinski definition) is 2. The third kappa shape index (κ3) is 3.59. The van der Waals surface area contributed by atoms with Gasteiger partial charge in [0.15, 0.2) is 0 Å². The molecule has 140 valence electrons. The quantitative estimate of drug-likeness (QED) is 0.804. The largest absolute Gasteiger partial charge is 0.342 e. The van der Waals surface area contributed by atoms with Gasteiger partial charge in [0.1, 0.15) is 0 Å². The molecule has 26 heavy (non-hydrogen) atoms. The van der Waals surface area contributed by atoms with Crippen molar-refractivity contribution < 1.29 is 4.79 Å². The number of amides is 1. The SMILES string of the molecule is CC(C)C(=O)N1CC2CC=C(c3ccc(CCN4CCCC4)cc3)C2C1. The number of benzene rings is 1. The van der Waals surface area contributed by atoms with Crippen LogP contribution in [0.3, 0.4) is 0 Å². The second kappa shape index (κ2) is 7.56. The Morgan fingerprint density at radius 3 is 2.54 bits per heavy atom. The molecule has 0 bridgehead atoms. The maximum atomic E-state index is 12.3. The van der Waals surface area contributed by atoms with Gasteiger partial charge in [-0.2, -0.15) is 0 Å². The van der Waals surface area contributed by atoms with Crippen LogP contribution in [0.4, 0.5) is 0 Å². The fourth-order valence-electron chi connectivity index (χ4n) is 4.93. The normalized spacial score (nSPS) is 25.8. The van der Waals surface area contributed by atoms with Crippen molar-refractivity contribution in [1.82, 2.24) is 9.80 Å². The summed E-state index contributed by atoms with van der Waals surface area (Å²) in [6, 6.07) is 9.23. The molecule has 0 N–H and O–H groups in total. The molecule has 2 fully saturated rings. The molecule has 1 aromatic carbocycles. The molecule has 0 radical (unpaired) electrons. The van der Waals surface area contributed by atoms with E-state index in [1.165, 1.54) is 49.2 Å². The Bertz CT molecular complexity index is 670. The molecule has 2 saturated heterocycles. The lowest BCUT2D eigenvalue weighted by molar-refractivity contribution is -0.133. The zero-order valence-corrected chi connectivity index (χ0v) is 16.3. The zero-order valence-electron chi connectivity index (χ0n) is 16.3. The third-order valence-corrected chi connectivity index (χ3v) is 6.49. The second-order valence-corrected chi connectivity index (χ2v) is 8.66. The summed E-state index contributed by atoms with van der Waals surface area (Å²) in [5, 5.41) is 0. The molecule has 2 atom stereocenters. The van der Waals surface area contributed by atoms with Gasteiger partial charge in [0, 0.05) is 31.5 Å². The molecular weight excluding hydrogens is 320 g/mol. The molecule has 0 saturated carbocycles. The highest BCUT2D eigenvalue weighted by Gasteiger charge is 2.40. The zero-order chi connectivity index (χ0) is 18.1. The van der Waals surface area contributed by atoms with E-state index in [9.17, 15) is 4.79 Å². The smallest absolute Gasteiger partial charge is 0.225 e. The number of carbonyl (C=O) groups excluding carboxylic acids is 1. The highest BCUT2D eigenvalue weighted by atomic mass is 16.2. The summed E-state index contributed by atoms with van der Waals surface area (Å²) in [4.78, 5) is 17.0. The first-order valence-electron chi connectivity index (χ1n) is 10.4. The van der Waals surface area contributed by atoms with Crippen molar-refractivity contribution in [3.8, 4) is 0 Å². The van der Waals surface area contributed by atoms with Crippen molar-refractivity contribution in [2.75, 3.05) is 32.7 Å². The van der Waals surface area contributed by atoms with Gasteiger partial charge in [-0.25, -0.2) is 0 Å². The number of nitrogens with zero attached hydrogens (tertiary/aromatic N) is 2. The van der Waals surface area contributed by atoms with Crippen molar-refractivity contribution in [2.45, 2.75) is 39.5 Å². The highest BCUT2D eigenvalue weighted by Crippen LogP contribution is 2.43. The summed E-state index contributed by atoms with van der Waals surface area (Å²) in [5.41, 5.74) is 4.28. The Balaban J connectivity index is 1.38. The first-order valence-corrected chi connectivity index (χ1v) is 10.4. The lowest BCUT2D eigenvalue weighted by Crippen LogP contribution is -2.32. The summed E-state index contributed by atoms with van der Waals surface area (Å²) >= 11 is 0. The van der Waals surface area contributed by atoms with E-state index in [4.69, 9.17) is 0 Å². The van der Waals surface area contributed by atoms with Crippen LogP contribution in [0.2, 0.25) is 0 Å². The van der Waals surface area contributed by atoms with E-state index in [1.807, 2.05) is 13.8 Å². The van der Waals surface area contributed by atoms with E-state index < -0.39 is 0 Å². The van der Waals surface area contributed by atoms with Gasteiger partial charge in [0.25, 0.3) is 0 Å². The predicted octanol–water partition coefficient (Wildman–Crippen LogP) is 3.84. The van der Waals surface area contributed by atoms with Crippen LogP contribution in [-0.4, -0.2) is 48.4 Å². The minimum atomic E-state index is 0.108. The van der Waals surface area contributed by atoms with Crippen LogP contribution in [0.15, 0.2) is 30.3 Å². The first kappa shape index (κ1) is 17.8. The average molecular weight is 353 g/mol. The lowest BCUT2D eigenvalue weighted by Gasteiger charge is -2.20. The first-order chi connectivity index (χ1) is 12.6. The number of rotatable bonds is 5. The molecular formula is C23H32N2O. The fourth-order valence-corrected chi connectivity index (χ4v) is 4.93. The van der Waals surface area contributed by atoms with Crippen molar-refractivity contribution >= 4 is 11.5 Å². The summed E-state index contributed by atoms with van der Waals surface area (Å²) in [7, 11) is 0. The Kier molecular flexibility index (Phi) is 5.17. The minimum absolute atomic E-state index is 0.108. The van der Waals surface area contributed by atoms with Crippen LogP contribution < -0.4 is 0 Å². The molecule has 3 nitrogen and oxygen atoms in total. The molecule has 3 heteroatoms. The summed E-state index contributed by atoms with van der Waals surface area (Å²) in [6.45, 7) is 9.61. The fraction of sp³-hybridized carbons (Fsp3) is 0.609. The molecule has 2 unspecified atom stereocenters. The van der Waals surface area contributed by atoms with Gasteiger partial charge in [0.2, 0.25) is 5.91 Å². The Morgan fingerprint density at radius 2 is 1.85 bits per heavy atom. The standard InChI is InChI=1S/C23H32N2O/c1-17(2)23(26)25-15-20-9-10-21(22(20)16-25)19-7-5-18(6-8-19)11-14-24-12-3-4-13-24/h5-8,10,17,20,22H,3-4,9,11-16H2,1-2H3. The van der Waals surface area contributed by atoms with Crippen LogP contribution in [0.1, 0.15) is 44.2 Å². The van der Waals surface area contributed by atoms with Crippen LogP contribution in [0, 0.1) is 17.8 Å². The van der Waals surface area contributed by atoms with Gasteiger partial charge in [-0.1, -0.05) is 44.2 Å². The molecule has 2 aliphatic heterocycles. The molecule has 0 aromatic heterocycles. The average Bonchev–Trinajstić information content (AvgIpc) is 3.36. The number of fused-ring (bicyclic) bond motifs is 1. The second-order valence-electron chi connectivity index (χ2n) is 8.66. The van der Waals surface area contributed by atoms with Gasteiger partial charge in [0.05, 0.1) is 0 Å². The molecule has 4 rings (SSSR count). The minimum Gasteiger partial charge on any atom is -0.342 e. The molecule has 0 spiro atoms. The Morgan fingerprint density at radius 1 is 1.12 bits per heavy atom. The van der Waals surface area contributed by atoms with E-state index in [0.717, 1.165) is 25.9 Å². The topological polar surface area (TPSA) is 23.6 Å². The van der Waals surface area contributed by atoms with Crippen LogP contribution in [-0.2, 0) is 11.2 Å². The number of carbonyl (C=O) groups is 1. The van der Waals surface area contributed by atoms with Gasteiger partial charge < -0.3 is 9.80 Å². The molecule has 3 aliphatic rings. The van der Waals surface area contributed by atoms with Gasteiger partial charge in [-0.15, -0.1) is 0 Å². The van der Waals surface area contributed by atoms with Crippen molar-refractivity contribution in [3.63, 3.8) is 0 Å². The summed E-state index contributed by atoms with van der Waals surface area (Å²) < 4.78 is 0. The summed E-state index contributed by atoms with van der Waals surface area (Å²) in [5.74, 6) is 1.59. The third-order valence-electron chi connectivity index (χ3n) is 6.49. The van der Waals surface area contributed by atoms with E-state index in [0.29, 0.717) is 17.7 Å². The van der Waals surface area contributed by atoms with E-state index in [-0.39, 0.29) is 5.92 Å². The predicted molar refractivity (Wildman–Crippen MR) is 107 cm³/mol. The highest BCUT2D eigenvalue weighted by molar-refractivity contribution is 5.80. The van der Waals surface area contributed by atoms with Crippen molar-refractivity contribution in [1.29, 1.82) is 0 Å². The molecule has 1 aliphatic carbocycles. The number of likely N-dealkylation sites (tertiary alicyclic amines) is 2. The maximum Gasteiger partial charge on any atom is 0.225 e. The van der Waals surface area contributed by atoms with E-state index >= 15 is 0 Å². The number of hydrogen-bond donors (Lipinski definition) is 0. The maximum absolute atomic E-state index is 12.3. The van der Waals surface area contributed by atoms with Gasteiger partial charge >= 0.3 is 0 Å². The summed E-state index contributed by atoms with van der Waals surface area (Å²) in [6.07, 6.45) is 7.43. The van der Waals surface area contributed by atoms with Gasteiger partial charge in [-0.05, 0) is 61.4 Å². The Labute approximate surface area is 158 Å². The number of allylic oxidation sites excluding steroid dienone is 1. The monoisotopic (exact) mass is 352 g/mol. The van der Waals surface area contributed by atoms with Crippen molar-refractivity contribution in [3.05, 3.63) is 41.5 Å². The van der Waals surface area contributed by atoms with E-state index in [2.05, 4.69) is 40.1 Å². The van der Waals surface area contributed by atoms with Crippen LogP contribution >= 0.6 is 0 Å². The molecule has 1 aromatic rings. The lowest BCUT2D eigenvalue weighted by atomic mass is 9.90. The molecule has 1 amide bonds.